The number of likely N-dealkylation sites (tertiary alicyclic amines) is 1. The highest BCUT2D eigenvalue weighted by Crippen LogP contribution is 2.16. The minimum absolute atomic E-state index is 0.00956. The molecule has 1 unspecified atom stereocenters. The summed E-state index contributed by atoms with van der Waals surface area (Å²) in [6.45, 7) is 4.15. The molecule has 0 spiro atoms. The van der Waals surface area contributed by atoms with Gasteiger partial charge in [-0.15, -0.1) is 0 Å². The molecule has 1 atom stereocenters. The number of carbonyl (C=O) groups is 2. The van der Waals surface area contributed by atoms with Crippen LogP contribution in [0.15, 0.2) is 29.3 Å². The lowest BCUT2D eigenvalue weighted by atomic mass is 10.0. The van der Waals surface area contributed by atoms with Gasteiger partial charge in [0.2, 0.25) is 5.91 Å². The quantitative estimate of drug-likeness (QED) is 0.577. The molecule has 0 radical (unpaired) electrons. The normalized spacial score (nSPS) is 17.2. The lowest BCUT2D eigenvalue weighted by molar-refractivity contribution is -0.134. The Balaban J connectivity index is 1.75. The highest BCUT2D eigenvalue weighted by Gasteiger charge is 2.22. The summed E-state index contributed by atoms with van der Waals surface area (Å²) in [5.74, 6) is 0.855. The fourth-order valence-electron chi connectivity index (χ4n) is 3.33. The summed E-state index contributed by atoms with van der Waals surface area (Å²) >= 11 is 0. The van der Waals surface area contributed by atoms with Crippen molar-refractivity contribution in [1.29, 1.82) is 0 Å². The molecular formula is C21H33N5O2. The monoisotopic (exact) mass is 387 g/mol. The van der Waals surface area contributed by atoms with Gasteiger partial charge in [-0.3, -0.25) is 14.6 Å². The van der Waals surface area contributed by atoms with Gasteiger partial charge in [-0.05, 0) is 43.9 Å². The zero-order valence-corrected chi connectivity index (χ0v) is 17.5. The number of hydrogen-bond donors (Lipinski definition) is 2. The molecule has 0 aliphatic carbocycles. The third kappa shape index (κ3) is 6.25. The van der Waals surface area contributed by atoms with E-state index in [0.29, 0.717) is 37.1 Å². The molecule has 1 fully saturated rings. The number of guanidine groups is 1. The van der Waals surface area contributed by atoms with Crippen LogP contribution in [0.3, 0.4) is 0 Å². The Morgan fingerprint density at radius 2 is 1.89 bits per heavy atom. The van der Waals surface area contributed by atoms with E-state index in [1.807, 2.05) is 29.2 Å². The molecule has 1 saturated heterocycles. The third-order valence-electron chi connectivity index (χ3n) is 5.05. The summed E-state index contributed by atoms with van der Waals surface area (Å²) in [5, 5.41) is 6.44. The van der Waals surface area contributed by atoms with Crippen LogP contribution in [0.25, 0.3) is 0 Å². The van der Waals surface area contributed by atoms with Gasteiger partial charge in [-0.2, -0.15) is 0 Å². The molecular weight excluding hydrogens is 354 g/mol. The molecule has 0 aromatic heterocycles. The van der Waals surface area contributed by atoms with Crippen molar-refractivity contribution in [2.24, 2.45) is 4.99 Å². The van der Waals surface area contributed by atoms with E-state index >= 15 is 0 Å². The zero-order valence-electron chi connectivity index (χ0n) is 17.5. The predicted octanol–water partition coefficient (Wildman–Crippen LogP) is 1.84. The van der Waals surface area contributed by atoms with Gasteiger partial charge in [0.15, 0.2) is 5.96 Å². The first kappa shape index (κ1) is 21.7. The molecule has 0 bridgehead atoms. The first-order chi connectivity index (χ1) is 13.4. The van der Waals surface area contributed by atoms with E-state index in [0.717, 1.165) is 24.9 Å². The first-order valence-corrected chi connectivity index (χ1v) is 9.97. The van der Waals surface area contributed by atoms with Crippen molar-refractivity contribution in [1.82, 2.24) is 20.4 Å². The number of benzene rings is 1. The van der Waals surface area contributed by atoms with Crippen molar-refractivity contribution in [3.05, 3.63) is 35.4 Å². The molecule has 154 valence electrons. The second-order valence-electron chi connectivity index (χ2n) is 7.43. The standard InChI is InChI=1S/C21H33N5O2/c1-16-7-5-6-14-26(16)19(27)12-13-23-21(22-2)24-15-17-8-10-18(11-9-17)20(28)25(3)4/h8-11,16H,5-7,12-15H2,1-4H3,(H2,22,23,24). The number of rotatable bonds is 6. The number of amides is 2. The summed E-state index contributed by atoms with van der Waals surface area (Å²) in [4.78, 5) is 32.1. The van der Waals surface area contributed by atoms with Crippen LogP contribution in [0, 0.1) is 0 Å². The van der Waals surface area contributed by atoms with Gasteiger partial charge in [-0.25, -0.2) is 0 Å². The Bertz CT molecular complexity index is 685. The highest BCUT2D eigenvalue weighted by atomic mass is 16.2. The fraction of sp³-hybridized carbons (Fsp3) is 0.571. The Morgan fingerprint density at radius 3 is 2.50 bits per heavy atom. The molecule has 0 saturated carbocycles. The van der Waals surface area contributed by atoms with Crippen molar-refractivity contribution < 1.29 is 9.59 Å². The average molecular weight is 388 g/mol. The maximum atomic E-state index is 12.4. The summed E-state index contributed by atoms with van der Waals surface area (Å²) in [6, 6.07) is 7.86. The minimum atomic E-state index is -0.00956. The average Bonchev–Trinajstić information content (AvgIpc) is 2.70. The number of nitrogens with zero attached hydrogens (tertiary/aromatic N) is 3. The van der Waals surface area contributed by atoms with E-state index in [4.69, 9.17) is 0 Å². The van der Waals surface area contributed by atoms with E-state index in [1.54, 1.807) is 26.0 Å². The topological polar surface area (TPSA) is 77.0 Å². The second-order valence-corrected chi connectivity index (χ2v) is 7.43. The van der Waals surface area contributed by atoms with Crippen molar-refractivity contribution >= 4 is 17.8 Å². The zero-order chi connectivity index (χ0) is 20.5. The number of hydrogen-bond acceptors (Lipinski definition) is 3. The van der Waals surface area contributed by atoms with Crippen LogP contribution >= 0.6 is 0 Å². The fourth-order valence-corrected chi connectivity index (χ4v) is 3.33. The number of carbonyl (C=O) groups excluding carboxylic acids is 2. The van der Waals surface area contributed by atoms with Crippen LogP contribution < -0.4 is 10.6 Å². The number of piperidine rings is 1. The molecule has 1 heterocycles. The van der Waals surface area contributed by atoms with Crippen LogP contribution in [0.1, 0.15) is 48.5 Å². The van der Waals surface area contributed by atoms with Crippen molar-refractivity contribution in [2.45, 2.75) is 45.2 Å². The first-order valence-electron chi connectivity index (χ1n) is 9.97. The summed E-state index contributed by atoms with van der Waals surface area (Å²) in [5.41, 5.74) is 1.72. The lowest BCUT2D eigenvalue weighted by Crippen LogP contribution is -2.44. The van der Waals surface area contributed by atoms with Crippen LogP contribution in [0.4, 0.5) is 0 Å². The molecule has 7 nitrogen and oxygen atoms in total. The lowest BCUT2D eigenvalue weighted by Gasteiger charge is -2.33. The van der Waals surface area contributed by atoms with Crippen molar-refractivity contribution in [3.8, 4) is 0 Å². The maximum Gasteiger partial charge on any atom is 0.253 e. The molecule has 1 aromatic carbocycles. The van der Waals surface area contributed by atoms with Crippen molar-refractivity contribution in [2.75, 3.05) is 34.2 Å². The molecule has 2 amide bonds. The van der Waals surface area contributed by atoms with Crippen LogP contribution in [0.2, 0.25) is 0 Å². The van der Waals surface area contributed by atoms with Gasteiger partial charge in [0.25, 0.3) is 5.91 Å². The van der Waals surface area contributed by atoms with E-state index in [2.05, 4.69) is 22.5 Å². The summed E-state index contributed by atoms with van der Waals surface area (Å²) < 4.78 is 0. The molecule has 2 N–H and O–H groups in total. The Labute approximate surface area is 168 Å². The molecule has 1 aromatic rings. The number of nitrogens with one attached hydrogen (secondary N) is 2. The second kappa shape index (κ2) is 10.7. The molecule has 28 heavy (non-hydrogen) atoms. The Hall–Kier alpha value is -2.57. The van der Waals surface area contributed by atoms with Gasteiger partial charge < -0.3 is 20.4 Å². The van der Waals surface area contributed by atoms with Crippen LogP contribution in [-0.2, 0) is 11.3 Å². The van der Waals surface area contributed by atoms with E-state index in [1.165, 1.54) is 6.42 Å². The molecule has 7 heteroatoms. The minimum Gasteiger partial charge on any atom is -0.356 e. The molecule has 1 aliphatic rings. The molecule has 2 rings (SSSR count). The van der Waals surface area contributed by atoms with Gasteiger partial charge >= 0.3 is 0 Å². The number of aliphatic imine (C=N–C) groups is 1. The predicted molar refractivity (Wildman–Crippen MR) is 112 cm³/mol. The Kier molecular flexibility index (Phi) is 8.29. The maximum absolute atomic E-state index is 12.4. The summed E-state index contributed by atoms with van der Waals surface area (Å²) in [7, 11) is 5.19. The van der Waals surface area contributed by atoms with Crippen molar-refractivity contribution in [3.63, 3.8) is 0 Å². The van der Waals surface area contributed by atoms with Crippen LogP contribution in [-0.4, -0.2) is 67.8 Å². The third-order valence-corrected chi connectivity index (χ3v) is 5.05. The van der Waals surface area contributed by atoms with Gasteiger partial charge in [0.1, 0.15) is 0 Å². The van der Waals surface area contributed by atoms with Gasteiger partial charge in [-0.1, -0.05) is 12.1 Å². The van der Waals surface area contributed by atoms with E-state index < -0.39 is 0 Å². The van der Waals surface area contributed by atoms with E-state index in [9.17, 15) is 9.59 Å². The highest BCUT2D eigenvalue weighted by molar-refractivity contribution is 5.93. The molecule has 1 aliphatic heterocycles. The Morgan fingerprint density at radius 1 is 1.18 bits per heavy atom. The SMILES string of the molecule is CN=C(NCCC(=O)N1CCCCC1C)NCc1ccc(C(=O)N(C)C)cc1. The smallest absolute Gasteiger partial charge is 0.253 e. The van der Waals surface area contributed by atoms with Gasteiger partial charge in [0, 0.05) is 58.8 Å². The largest absolute Gasteiger partial charge is 0.356 e. The van der Waals surface area contributed by atoms with Crippen LogP contribution in [0.5, 0.6) is 0 Å². The summed E-state index contributed by atoms with van der Waals surface area (Å²) in [6.07, 6.45) is 3.88. The van der Waals surface area contributed by atoms with Gasteiger partial charge in [0.05, 0.1) is 0 Å². The van der Waals surface area contributed by atoms with E-state index in [-0.39, 0.29) is 11.8 Å².